The number of carbonyl (C=O) groups is 1. The number of nitrogens with one attached hydrogen (secondary N) is 1. The van der Waals surface area contributed by atoms with Crippen molar-refractivity contribution in [1.82, 2.24) is 5.32 Å². The van der Waals surface area contributed by atoms with E-state index in [-0.39, 0.29) is 11.9 Å². The third-order valence-corrected chi connectivity index (χ3v) is 3.41. The second-order valence-electron chi connectivity index (χ2n) is 4.16. The van der Waals surface area contributed by atoms with E-state index in [1.807, 2.05) is 0 Å². The number of fused-ring (bicyclic) bond motifs is 1. The lowest BCUT2D eigenvalue weighted by Crippen LogP contribution is -2.45. The van der Waals surface area contributed by atoms with Crippen molar-refractivity contribution >= 4 is 5.97 Å². The van der Waals surface area contributed by atoms with Gasteiger partial charge in [-0.1, -0.05) is 6.42 Å². The summed E-state index contributed by atoms with van der Waals surface area (Å²) in [5.41, 5.74) is 0. The number of hydrogen-bond acceptors (Lipinski definition) is 3. The molecule has 1 N–H and O–H groups in total. The van der Waals surface area contributed by atoms with Gasteiger partial charge in [-0.25, -0.2) is 0 Å². The van der Waals surface area contributed by atoms with Crippen molar-refractivity contribution in [2.45, 2.75) is 31.7 Å². The van der Waals surface area contributed by atoms with Crippen molar-refractivity contribution < 1.29 is 9.53 Å². The fourth-order valence-electron chi connectivity index (χ4n) is 2.68. The van der Waals surface area contributed by atoms with Crippen LogP contribution in [0.15, 0.2) is 0 Å². The Hall–Kier alpha value is -0.570. The van der Waals surface area contributed by atoms with Gasteiger partial charge in [0.05, 0.1) is 13.0 Å². The highest BCUT2D eigenvalue weighted by Crippen LogP contribution is 2.34. The molecule has 74 valence electrons. The molecule has 2 aliphatic rings. The normalized spacial score (nSPS) is 38.4. The molecule has 1 aliphatic carbocycles. The Morgan fingerprint density at radius 1 is 1.46 bits per heavy atom. The number of carbonyl (C=O) groups excluding carboxylic acids is 1. The van der Waals surface area contributed by atoms with E-state index in [0.717, 1.165) is 18.9 Å². The third-order valence-electron chi connectivity index (χ3n) is 3.41. The minimum absolute atomic E-state index is 0.0437. The van der Waals surface area contributed by atoms with Gasteiger partial charge in [0.2, 0.25) is 0 Å². The van der Waals surface area contributed by atoms with Crippen LogP contribution in [0.25, 0.3) is 0 Å². The fraction of sp³-hybridized carbons (Fsp3) is 0.900. The molecule has 0 spiro atoms. The maximum atomic E-state index is 11.3. The average molecular weight is 183 g/mol. The molecule has 2 rings (SSSR count). The summed E-state index contributed by atoms with van der Waals surface area (Å²) in [5.74, 6) is 0.778. The number of methoxy groups -OCH3 is 1. The van der Waals surface area contributed by atoms with Gasteiger partial charge in [-0.2, -0.15) is 0 Å². The lowest BCUT2D eigenvalue weighted by atomic mass is 9.86. The molecular weight excluding hydrogens is 166 g/mol. The fourth-order valence-corrected chi connectivity index (χ4v) is 2.68. The molecule has 3 heteroatoms. The Labute approximate surface area is 78.8 Å². The van der Waals surface area contributed by atoms with Gasteiger partial charge in [-0.05, 0) is 25.2 Å². The highest BCUT2D eigenvalue weighted by Gasteiger charge is 2.36. The molecule has 1 saturated heterocycles. The standard InChI is InChI=1S/C10H17NO2/c1-13-10(12)8-5-7-3-2-4-9(7)11-6-8/h7-9,11H,2-6H2,1H3/t7-,8+,9-/m0/s1. The smallest absolute Gasteiger partial charge is 0.309 e. The van der Waals surface area contributed by atoms with Crippen LogP contribution in [0.3, 0.4) is 0 Å². The predicted molar refractivity (Wildman–Crippen MR) is 49.3 cm³/mol. The average Bonchev–Trinajstić information content (AvgIpc) is 2.63. The topological polar surface area (TPSA) is 38.3 Å². The van der Waals surface area contributed by atoms with E-state index < -0.39 is 0 Å². The molecule has 3 atom stereocenters. The molecule has 0 aromatic heterocycles. The van der Waals surface area contributed by atoms with Crippen molar-refractivity contribution in [2.75, 3.05) is 13.7 Å². The summed E-state index contributed by atoms with van der Waals surface area (Å²) in [5, 5.41) is 3.45. The predicted octanol–water partition coefficient (Wildman–Crippen LogP) is 0.938. The van der Waals surface area contributed by atoms with Gasteiger partial charge < -0.3 is 10.1 Å². The third kappa shape index (κ3) is 1.70. The summed E-state index contributed by atoms with van der Waals surface area (Å²) in [4.78, 5) is 11.3. The molecule has 1 saturated carbocycles. The number of piperidine rings is 1. The van der Waals surface area contributed by atoms with E-state index >= 15 is 0 Å². The van der Waals surface area contributed by atoms with Crippen LogP contribution in [0.4, 0.5) is 0 Å². The molecule has 3 nitrogen and oxygen atoms in total. The summed E-state index contributed by atoms with van der Waals surface area (Å²) in [6.07, 6.45) is 4.92. The summed E-state index contributed by atoms with van der Waals surface area (Å²) < 4.78 is 4.76. The van der Waals surface area contributed by atoms with Crippen molar-refractivity contribution in [3.63, 3.8) is 0 Å². The second kappa shape index (κ2) is 3.66. The van der Waals surface area contributed by atoms with Crippen LogP contribution in [-0.2, 0) is 9.53 Å². The van der Waals surface area contributed by atoms with Crippen LogP contribution in [0.2, 0.25) is 0 Å². The second-order valence-corrected chi connectivity index (χ2v) is 4.16. The summed E-state index contributed by atoms with van der Waals surface area (Å²) in [6.45, 7) is 0.813. The van der Waals surface area contributed by atoms with Crippen LogP contribution < -0.4 is 5.32 Å². The van der Waals surface area contributed by atoms with Crippen LogP contribution in [-0.4, -0.2) is 25.7 Å². The first-order valence-electron chi connectivity index (χ1n) is 5.12. The molecular formula is C10H17NO2. The summed E-state index contributed by atoms with van der Waals surface area (Å²) in [7, 11) is 1.48. The zero-order valence-electron chi connectivity index (χ0n) is 8.08. The number of hydrogen-bond donors (Lipinski definition) is 1. The highest BCUT2D eigenvalue weighted by molar-refractivity contribution is 5.72. The van der Waals surface area contributed by atoms with E-state index in [1.165, 1.54) is 26.4 Å². The Morgan fingerprint density at radius 2 is 2.31 bits per heavy atom. The Balaban J connectivity index is 1.93. The molecule has 0 unspecified atom stereocenters. The lowest BCUT2D eigenvalue weighted by Gasteiger charge is -2.31. The Morgan fingerprint density at radius 3 is 3.08 bits per heavy atom. The lowest BCUT2D eigenvalue weighted by molar-refractivity contribution is -0.146. The molecule has 0 aromatic rings. The van der Waals surface area contributed by atoms with Gasteiger partial charge >= 0.3 is 5.97 Å². The van der Waals surface area contributed by atoms with E-state index in [4.69, 9.17) is 4.74 Å². The number of esters is 1. The van der Waals surface area contributed by atoms with Crippen molar-refractivity contribution in [2.24, 2.45) is 11.8 Å². The molecule has 1 aliphatic heterocycles. The molecule has 0 aromatic carbocycles. The Bertz CT molecular complexity index is 205. The first-order valence-corrected chi connectivity index (χ1v) is 5.12. The van der Waals surface area contributed by atoms with Crippen molar-refractivity contribution in [3.8, 4) is 0 Å². The molecule has 1 heterocycles. The van der Waals surface area contributed by atoms with Crippen LogP contribution in [0.5, 0.6) is 0 Å². The van der Waals surface area contributed by atoms with Crippen molar-refractivity contribution in [3.05, 3.63) is 0 Å². The summed E-state index contributed by atoms with van der Waals surface area (Å²) in [6, 6.07) is 0.681. The molecule has 0 radical (unpaired) electrons. The van der Waals surface area contributed by atoms with Gasteiger partial charge in [0.1, 0.15) is 0 Å². The van der Waals surface area contributed by atoms with Crippen LogP contribution in [0, 0.1) is 11.8 Å². The van der Waals surface area contributed by atoms with E-state index in [0.29, 0.717) is 6.04 Å². The molecule has 0 amide bonds. The van der Waals surface area contributed by atoms with Gasteiger partial charge in [-0.3, -0.25) is 4.79 Å². The number of rotatable bonds is 1. The monoisotopic (exact) mass is 183 g/mol. The SMILES string of the molecule is COC(=O)[C@H]1CN[C@H]2CCC[C@H]2C1. The Kier molecular flexibility index (Phi) is 2.54. The number of ether oxygens (including phenoxy) is 1. The highest BCUT2D eigenvalue weighted by atomic mass is 16.5. The van der Waals surface area contributed by atoms with Gasteiger partial charge in [-0.15, -0.1) is 0 Å². The first kappa shape index (κ1) is 9.00. The van der Waals surface area contributed by atoms with Gasteiger partial charge in [0, 0.05) is 12.6 Å². The van der Waals surface area contributed by atoms with Crippen LogP contribution >= 0.6 is 0 Å². The molecule has 13 heavy (non-hydrogen) atoms. The van der Waals surface area contributed by atoms with Gasteiger partial charge in [0.25, 0.3) is 0 Å². The first-order chi connectivity index (χ1) is 6.31. The minimum Gasteiger partial charge on any atom is -0.469 e. The van der Waals surface area contributed by atoms with Gasteiger partial charge in [0.15, 0.2) is 0 Å². The molecule has 0 bridgehead atoms. The maximum Gasteiger partial charge on any atom is 0.309 e. The van der Waals surface area contributed by atoms with E-state index in [9.17, 15) is 4.79 Å². The van der Waals surface area contributed by atoms with Crippen LogP contribution in [0.1, 0.15) is 25.7 Å². The van der Waals surface area contributed by atoms with E-state index in [2.05, 4.69) is 5.32 Å². The van der Waals surface area contributed by atoms with Crippen molar-refractivity contribution in [1.29, 1.82) is 0 Å². The maximum absolute atomic E-state index is 11.3. The zero-order valence-corrected chi connectivity index (χ0v) is 8.08. The largest absolute Gasteiger partial charge is 0.469 e. The zero-order chi connectivity index (χ0) is 9.26. The summed E-state index contributed by atoms with van der Waals surface area (Å²) >= 11 is 0. The van der Waals surface area contributed by atoms with E-state index in [1.54, 1.807) is 0 Å². The minimum atomic E-state index is -0.0437. The molecule has 2 fully saturated rings. The quantitative estimate of drug-likeness (QED) is 0.615.